The summed E-state index contributed by atoms with van der Waals surface area (Å²) in [5, 5.41) is 6.73. The largest absolute Gasteiger partial charge is 0.497 e. The zero-order chi connectivity index (χ0) is 23.4. The first-order chi connectivity index (χ1) is 16.1. The lowest BCUT2D eigenvalue weighted by Gasteiger charge is -2.15. The van der Waals surface area contributed by atoms with Gasteiger partial charge in [-0.1, -0.05) is 38.1 Å². The molecule has 168 valence electrons. The lowest BCUT2D eigenvalue weighted by Crippen LogP contribution is -2.42. The summed E-state index contributed by atoms with van der Waals surface area (Å²) in [6.07, 6.45) is 4.04. The molecule has 1 aliphatic rings. The Bertz CT molecular complexity index is 1290. The zero-order valence-electron chi connectivity index (χ0n) is 18.8. The fourth-order valence-electron chi connectivity index (χ4n) is 3.88. The predicted molar refractivity (Wildman–Crippen MR) is 129 cm³/mol. The van der Waals surface area contributed by atoms with Crippen molar-refractivity contribution in [2.75, 3.05) is 12.4 Å². The monoisotopic (exact) mass is 442 g/mol. The summed E-state index contributed by atoms with van der Waals surface area (Å²) in [4.78, 5) is 32.9. The van der Waals surface area contributed by atoms with Crippen molar-refractivity contribution in [2.45, 2.75) is 26.3 Å². The summed E-state index contributed by atoms with van der Waals surface area (Å²) >= 11 is 0. The number of methoxy groups -OCH3 is 1. The van der Waals surface area contributed by atoms with E-state index in [4.69, 9.17) is 4.74 Å². The van der Waals surface area contributed by atoms with Crippen molar-refractivity contribution in [3.8, 4) is 16.9 Å². The standard InChI is InChI=1S/C24H20N4O3.C2H6/c1-31-16-6-7-20-19(13-16)23(29)28-21(24(30)27-20)12-14-2-4-15(5-3-14)17-8-10-25-22-18(17)9-11-26-22;1-2/h2-11,13,21H,12H2,1H3,(H,25,26)(H,27,30)(H,28,29);1-2H3. The molecule has 0 bridgehead atoms. The second-order valence-electron chi connectivity index (χ2n) is 7.43. The van der Waals surface area contributed by atoms with Gasteiger partial charge in [-0.2, -0.15) is 0 Å². The van der Waals surface area contributed by atoms with E-state index in [-0.39, 0.29) is 11.8 Å². The van der Waals surface area contributed by atoms with E-state index in [0.29, 0.717) is 23.4 Å². The molecule has 3 N–H and O–H groups in total. The Morgan fingerprint density at radius 2 is 1.76 bits per heavy atom. The van der Waals surface area contributed by atoms with Crippen molar-refractivity contribution >= 4 is 28.5 Å². The van der Waals surface area contributed by atoms with Gasteiger partial charge in [-0.3, -0.25) is 9.59 Å². The fraction of sp³-hybridized carbons (Fsp3) is 0.192. The zero-order valence-corrected chi connectivity index (χ0v) is 18.8. The van der Waals surface area contributed by atoms with Crippen LogP contribution in [0.25, 0.3) is 22.2 Å². The number of carbonyl (C=O) groups excluding carboxylic acids is 2. The average Bonchev–Trinajstić information content (AvgIpc) is 3.30. The SMILES string of the molecule is CC.COc1ccc2c(c1)C(=O)NC(Cc1ccc(-c3ccnc4[nH]ccc34)cc1)C(=O)N2. The lowest BCUT2D eigenvalue weighted by molar-refractivity contribution is -0.117. The van der Waals surface area contributed by atoms with Crippen molar-refractivity contribution in [3.63, 3.8) is 0 Å². The second-order valence-corrected chi connectivity index (χ2v) is 7.43. The molecule has 0 saturated heterocycles. The third-order valence-corrected chi connectivity index (χ3v) is 5.52. The third-order valence-electron chi connectivity index (χ3n) is 5.52. The van der Waals surface area contributed by atoms with Gasteiger partial charge >= 0.3 is 0 Å². The molecule has 0 spiro atoms. The minimum absolute atomic E-state index is 0.246. The molecule has 1 aliphatic heterocycles. The molecule has 0 saturated carbocycles. The van der Waals surface area contributed by atoms with E-state index in [1.165, 1.54) is 7.11 Å². The van der Waals surface area contributed by atoms with Gasteiger partial charge < -0.3 is 20.4 Å². The van der Waals surface area contributed by atoms with Crippen LogP contribution in [-0.4, -0.2) is 34.9 Å². The molecule has 5 rings (SSSR count). The summed E-state index contributed by atoms with van der Waals surface area (Å²) in [5.41, 5.74) is 4.81. The van der Waals surface area contributed by atoms with Crippen molar-refractivity contribution < 1.29 is 14.3 Å². The number of amides is 2. The van der Waals surface area contributed by atoms with Crippen molar-refractivity contribution in [2.24, 2.45) is 0 Å². The number of rotatable bonds is 4. The number of pyridine rings is 1. The number of carbonyl (C=O) groups is 2. The maximum atomic E-state index is 12.7. The normalized spacial score (nSPS) is 14.9. The van der Waals surface area contributed by atoms with Gasteiger partial charge in [0.15, 0.2) is 0 Å². The topological polar surface area (TPSA) is 96.1 Å². The molecule has 4 aromatic rings. The summed E-state index contributed by atoms with van der Waals surface area (Å²) < 4.78 is 5.19. The number of fused-ring (bicyclic) bond motifs is 2. The van der Waals surface area contributed by atoms with Crippen LogP contribution >= 0.6 is 0 Å². The number of ether oxygens (including phenoxy) is 1. The van der Waals surface area contributed by atoms with E-state index in [0.717, 1.165) is 27.7 Å². The Balaban J connectivity index is 0.00000126. The van der Waals surface area contributed by atoms with E-state index in [9.17, 15) is 9.59 Å². The van der Waals surface area contributed by atoms with E-state index < -0.39 is 6.04 Å². The second kappa shape index (κ2) is 9.56. The van der Waals surface area contributed by atoms with Gasteiger partial charge in [0, 0.05) is 24.2 Å². The molecule has 1 atom stereocenters. The Morgan fingerprint density at radius 3 is 2.52 bits per heavy atom. The first-order valence-electron chi connectivity index (χ1n) is 10.9. The molecule has 2 aromatic carbocycles. The predicted octanol–water partition coefficient (Wildman–Crippen LogP) is 4.56. The van der Waals surface area contributed by atoms with Crippen molar-refractivity contribution in [1.29, 1.82) is 0 Å². The van der Waals surface area contributed by atoms with Gasteiger partial charge in [0.05, 0.1) is 18.4 Å². The molecule has 0 fully saturated rings. The van der Waals surface area contributed by atoms with Gasteiger partial charge in [0.2, 0.25) is 5.91 Å². The molecule has 7 nitrogen and oxygen atoms in total. The smallest absolute Gasteiger partial charge is 0.254 e. The highest BCUT2D eigenvalue weighted by Crippen LogP contribution is 2.28. The minimum Gasteiger partial charge on any atom is -0.497 e. The van der Waals surface area contributed by atoms with Crippen LogP contribution in [0.3, 0.4) is 0 Å². The number of hydrogen-bond donors (Lipinski definition) is 3. The van der Waals surface area contributed by atoms with E-state index in [1.807, 2.05) is 56.4 Å². The average molecular weight is 443 g/mol. The highest BCUT2D eigenvalue weighted by atomic mass is 16.5. The van der Waals surface area contributed by atoms with Crippen LogP contribution in [0.4, 0.5) is 5.69 Å². The summed E-state index contributed by atoms with van der Waals surface area (Å²) in [7, 11) is 1.54. The van der Waals surface area contributed by atoms with Gasteiger partial charge in [0.25, 0.3) is 5.91 Å². The molecule has 7 heteroatoms. The molecule has 2 aromatic heterocycles. The first kappa shape index (κ1) is 22.1. The number of anilines is 1. The molecular formula is C26H26N4O3. The Hall–Kier alpha value is -4.13. The first-order valence-corrected chi connectivity index (χ1v) is 10.9. The van der Waals surface area contributed by atoms with Gasteiger partial charge in [0.1, 0.15) is 17.4 Å². The van der Waals surface area contributed by atoms with Crippen molar-refractivity contribution in [1.82, 2.24) is 15.3 Å². The van der Waals surface area contributed by atoms with Gasteiger partial charge in [-0.15, -0.1) is 0 Å². The molecule has 0 aliphatic carbocycles. The van der Waals surface area contributed by atoms with E-state index >= 15 is 0 Å². The number of nitrogens with zero attached hydrogens (tertiary/aromatic N) is 1. The Kier molecular flexibility index (Phi) is 6.40. The van der Waals surface area contributed by atoms with Crippen LogP contribution in [0.5, 0.6) is 5.75 Å². The lowest BCUT2D eigenvalue weighted by atomic mass is 9.99. The molecule has 33 heavy (non-hydrogen) atoms. The highest BCUT2D eigenvalue weighted by molar-refractivity contribution is 6.10. The molecule has 1 unspecified atom stereocenters. The van der Waals surface area contributed by atoms with E-state index in [1.54, 1.807) is 24.4 Å². The maximum Gasteiger partial charge on any atom is 0.254 e. The fourth-order valence-corrected chi connectivity index (χ4v) is 3.88. The number of H-pyrrole nitrogens is 1. The van der Waals surface area contributed by atoms with Crippen molar-refractivity contribution in [3.05, 3.63) is 78.1 Å². The Morgan fingerprint density at radius 1 is 0.970 bits per heavy atom. The number of hydrogen-bond acceptors (Lipinski definition) is 4. The van der Waals surface area contributed by atoms with Crippen LogP contribution in [0.1, 0.15) is 29.8 Å². The summed E-state index contributed by atoms with van der Waals surface area (Å²) in [6, 6.07) is 16.3. The minimum atomic E-state index is -0.672. The molecule has 0 radical (unpaired) electrons. The number of aromatic nitrogens is 2. The third kappa shape index (κ3) is 4.43. The number of nitrogens with one attached hydrogen (secondary N) is 3. The van der Waals surface area contributed by atoms with Crippen LogP contribution in [0, 0.1) is 0 Å². The van der Waals surface area contributed by atoms with E-state index in [2.05, 4.69) is 20.6 Å². The quantitative estimate of drug-likeness (QED) is 0.432. The molecule has 2 amide bonds. The molecule has 3 heterocycles. The molecular weight excluding hydrogens is 416 g/mol. The van der Waals surface area contributed by atoms with Crippen LogP contribution in [-0.2, 0) is 11.2 Å². The highest BCUT2D eigenvalue weighted by Gasteiger charge is 2.28. The number of aromatic amines is 1. The van der Waals surface area contributed by atoms with Gasteiger partial charge in [-0.25, -0.2) is 4.98 Å². The van der Waals surface area contributed by atoms with Crippen LogP contribution in [0.2, 0.25) is 0 Å². The maximum absolute atomic E-state index is 12.7. The number of benzene rings is 2. The Labute approximate surface area is 192 Å². The van der Waals surface area contributed by atoms with Crippen LogP contribution in [0.15, 0.2) is 67.0 Å². The van der Waals surface area contributed by atoms with Gasteiger partial charge in [-0.05, 0) is 47.0 Å². The summed E-state index contributed by atoms with van der Waals surface area (Å²) in [6.45, 7) is 4.00. The van der Waals surface area contributed by atoms with Crippen LogP contribution < -0.4 is 15.4 Å². The summed E-state index contributed by atoms with van der Waals surface area (Å²) in [5.74, 6) is 0.00911.